The largest absolute Gasteiger partial charge is 0.457 e. The topological polar surface area (TPSA) is 141 Å². The number of anilines is 4. The number of nitrogen functional groups attached to an aromatic ring is 4. The van der Waals surface area contributed by atoms with Gasteiger partial charge in [0.25, 0.3) is 0 Å². The van der Waals surface area contributed by atoms with E-state index in [0.29, 0.717) is 22.7 Å². The van der Waals surface area contributed by atoms with E-state index >= 15 is 0 Å². The molecule has 0 heterocycles. The summed E-state index contributed by atoms with van der Waals surface area (Å²) in [5, 5.41) is 0. The molecule has 0 aromatic heterocycles. The lowest BCUT2D eigenvalue weighted by atomic mass is 9.78. The van der Waals surface area contributed by atoms with Gasteiger partial charge in [0.15, 0.2) is 0 Å². The van der Waals surface area contributed by atoms with Gasteiger partial charge in [0, 0.05) is 45.7 Å². The fourth-order valence-corrected chi connectivity index (χ4v) is 6.86. The Morgan fingerprint density at radius 3 is 0.726 bits per heavy atom. The van der Waals surface area contributed by atoms with Crippen LogP contribution in [0.5, 0.6) is 46.0 Å². The Hall–Kier alpha value is -7.84. The summed E-state index contributed by atoms with van der Waals surface area (Å²) in [6.45, 7) is 8.82. The molecule has 8 aromatic carbocycles. The Bertz CT molecular complexity index is 2490. The van der Waals surface area contributed by atoms with E-state index in [1.54, 1.807) is 0 Å². The Labute approximate surface area is 364 Å². The van der Waals surface area contributed by atoms with Crippen molar-refractivity contribution in [3.05, 3.63) is 216 Å². The fourth-order valence-electron chi connectivity index (χ4n) is 6.86. The monoisotopic (exact) mass is 820 g/mol. The van der Waals surface area contributed by atoms with E-state index in [2.05, 4.69) is 76.2 Å². The smallest absolute Gasteiger partial charge is 0.129 e. The summed E-state index contributed by atoms with van der Waals surface area (Å²) in [6.07, 6.45) is 0. The van der Waals surface area contributed by atoms with Crippen LogP contribution in [0.3, 0.4) is 0 Å². The lowest BCUT2D eigenvalue weighted by Crippen LogP contribution is -2.18. The normalized spacial score (nSPS) is 11.2. The van der Waals surface area contributed by atoms with Gasteiger partial charge in [-0.1, -0.05) is 88.4 Å². The van der Waals surface area contributed by atoms with Crippen LogP contribution in [0, 0.1) is 0 Å². The predicted octanol–water partition coefficient (Wildman–Crippen LogP) is 13.5. The van der Waals surface area contributed by atoms with Crippen molar-refractivity contribution >= 4 is 22.7 Å². The molecule has 0 fully saturated rings. The van der Waals surface area contributed by atoms with Crippen LogP contribution in [-0.2, 0) is 10.8 Å². The molecule has 0 saturated heterocycles. The number of rotatable bonds is 12. The maximum Gasteiger partial charge on any atom is 0.129 e. The van der Waals surface area contributed by atoms with E-state index in [0.717, 1.165) is 46.0 Å². The van der Waals surface area contributed by atoms with Crippen molar-refractivity contribution in [1.29, 1.82) is 0 Å². The molecule has 0 spiro atoms. The third-order valence-electron chi connectivity index (χ3n) is 10.7. The number of ether oxygens (including phenoxy) is 4. The van der Waals surface area contributed by atoms with E-state index in [4.69, 9.17) is 41.9 Å². The highest BCUT2D eigenvalue weighted by atomic mass is 16.5. The minimum absolute atomic E-state index is 0.167. The molecule has 0 aliphatic heterocycles. The summed E-state index contributed by atoms with van der Waals surface area (Å²) in [5.74, 6) is 6.10. The summed E-state index contributed by atoms with van der Waals surface area (Å²) in [7, 11) is 0. The van der Waals surface area contributed by atoms with Crippen molar-refractivity contribution in [2.75, 3.05) is 22.9 Å². The van der Waals surface area contributed by atoms with Gasteiger partial charge >= 0.3 is 0 Å². The minimum atomic E-state index is -0.175. The molecule has 0 radical (unpaired) electrons. The van der Waals surface area contributed by atoms with Gasteiger partial charge in [0.2, 0.25) is 0 Å². The van der Waals surface area contributed by atoms with Crippen LogP contribution in [0.15, 0.2) is 194 Å². The molecule has 8 nitrogen and oxygen atoms in total. The number of hydrogen-bond donors (Lipinski definition) is 4. The summed E-state index contributed by atoms with van der Waals surface area (Å²) >= 11 is 0. The van der Waals surface area contributed by atoms with Crippen molar-refractivity contribution in [2.24, 2.45) is 0 Å². The van der Waals surface area contributed by atoms with Gasteiger partial charge in [0.1, 0.15) is 46.0 Å². The van der Waals surface area contributed by atoms with Gasteiger partial charge < -0.3 is 41.9 Å². The fraction of sp³-hybridized carbons (Fsp3) is 0.111. The Morgan fingerprint density at radius 1 is 0.258 bits per heavy atom. The lowest BCUT2D eigenvalue weighted by molar-refractivity contribution is 0.480. The average molecular weight is 821 g/mol. The van der Waals surface area contributed by atoms with Crippen molar-refractivity contribution in [3.8, 4) is 46.0 Å². The molecule has 0 amide bonds. The zero-order valence-electron chi connectivity index (χ0n) is 35.4. The quantitative estimate of drug-likeness (QED) is 0.0893. The van der Waals surface area contributed by atoms with E-state index in [1.165, 1.54) is 22.3 Å². The summed E-state index contributed by atoms with van der Waals surface area (Å²) < 4.78 is 23.6. The number of hydrogen-bond acceptors (Lipinski definition) is 8. The summed E-state index contributed by atoms with van der Waals surface area (Å²) in [6, 6.07) is 62.3. The van der Waals surface area contributed by atoms with Gasteiger partial charge in [-0.3, -0.25) is 0 Å². The van der Waals surface area contributed by atoms with Crippen LogP contribution in [0.25, 0.3) is 0 Å². The molecule has 8 heteroatoms. The van der Waals surface area contributed by atoms with Crippen LogP contribution in [0.4, 0.5) is 22.7 Å². The second kappa shape index (κ2) is 18.6. The third kappa shape index (κ3) is 10.9. The van der Waals surface area contributed by atoms with Crippen molar-refractivity contribution in [2.45, 2.75) is 38.5 Å². The lowest BCUT2D eigenvalue weighted by Gasteiger charge is -2.26. The highest BCUT2D eigenvalue weighted by molar-refractivity contribution is 5.50. The average Bonchev–Trinajstić information content (AvgIpc) is 3.26. The van der Waals surface area contributed by atoms with Crippen molar-refractivity contribution in [1.82, 2.24) is 0 Å². The van der Waals surface area contributed by atoms with Crippen LogP contribution < -0.4 is 41.9 Å². The molecule has 0 aliphatic rings. The standard InChI is InChI=1S/2C27H26N2O2/c1-27(2,19-3-11-23(12-4-19)30-25-15-7-21(28)8-16-25)20-5-13-24(14-6-20)31-26-17-9-22(29)10-18-26;1-27(2,19-9-13-23(14-10-19)30-25-7-3-5-21(28)17-25)20-11-15-24(16-12-20)31-26-8-4-6-22(29)18-26/h2*3-18H,28-29H2,1-2H3. The van der Waals surface area contributed by atoms with Crippen molar-refractivity contribution < 1.29 is 18.9 Å². The second-order valence-corrected chi connectivity index (χ2v) is 16.0. The Kier molecular flexibility index (Phi) is 12.7. The molecule has 62 heavy (non-hydrogen) atoms. The molecular formula is C54H52N4O4. The first-order valence-corrected chi connectivity index (χ1v) is 20.4. The second-order valence-electron chi connectivity index (χ2n) is 16.0. The highest BCUT2D eigenvalue weighted by Gasteiger charge is 2.24. The molecule has 8 rings (SSSR count). The minimum Gasteiger partial charge on any atom is -0.457 e. The summed E-state index contributed by atoms with van der Waals surface area (Å²) in [4.78, 5) is 0. The predicted molar refractivity (Wildman–Crippen MR) is 254 cm³/mol. The highest BCUT2D eigenvalue weighted by Crippen LogP contribution is 2.37. The van der Waals surface area contributed by atoms with E-state index in [1.807, 2.05) is 146 Å². The van der Waals surface area contributed by atoms with Gasteiger partial charge in [0.05, 0.1) is 0 Å². The van der Waals surface area contributed by atoms with Crippen LogP contribution in [0.1, 0.15) is 49.9 Å². The van der Waals surface area contributed by atoms with Crippen LogP contribution in [-0.4, -0.2) is 0 Å². The Balaban J connectivity index is 0.000000186. The third-order valence-corrected chi connectivity index (χ3v) is 10.7. The first-order valence-electron chi connectivity index (χ1n) is 20.4. The molecule has 0 bridgehead atoms. The first-order chi connectivity index (χ1) is 29.8. The van der Waals surface area contributed by atoms with Crippen LogP contribution >= 0.6 is 0 Å². The SMILES string of the molecule is CC(C)(c1ccc(Oc2ccc(N)cc2)cc1)c1ccc(Oc2ccc(N)cc2)cc1.CC(C)(c1ccc(Oc2cccc(N)c2)cc1)c1ccc(Oc2cccc(N)c2)cc1. The van der Waals surface area contributed by atoms with Gasteiger partial charge in [-0.15, -0.1) is 0 Å². The maximum absolute atomic E-state index is 5.91. The first kappa shape index (κ1) is 42.3. The number of nitrogens with two attached hydrogens (primary N) is 4. The van der Waals surface area contributed by atoms with Gasteiger partial charge in [-0.2, -0.15) is 0 Å². The van der Waals surface area contributed by atoms with Gasteiger partial charge in [-0.05, 0) is 144 Å². The molecule has 8 N–H and O–H groups in total. The van der Waals surface area contributed by atoms with E-state index in [9.17, 15) is 0 Å². The Morgan fingerprint density at radius 2 is 0.484 bits per heavy atom. The van der Waals surface area contributed by atoms with Gasteiger partial charge in [-0.25, -0.2) is 0 Å². The molecule has 0 atom stereocenters. The van der Waals surface area contributed by atoms with E-state index in [-0.39, 0.29) is 10.8 Å². The summed E-state index contributed by atoms with van der Waals surface area (Å²) in [5.41, 5.74) is 30.3. The molecule has 0 saturated carbocycles. The molecular weight excluding hydrogens is 769 g/mol. The van der Waals surface area contributed by atoms with Crippen molar-refractivity contribution in [3.63, 3.8) is 0 Å². The molecule has 8 aromatic rings. The van der Waals surface area contributed by atoms with E-state index < -0.39 is 0 Å². The number of benzene rings is 8. The zero-order chi connectivity index (χ0) is 43.7. The molecule has 0 unspecified atom stereocenters. The zero-order valence-corrected chi connectivity index (χ0v) is 35.4. The van der Waals surface area contributed by atoms with Crippen LogP contribution in [0.2, 0.25) is 0 Å². The molecule has 312 valence electrons. The molecule has 0 aliphatic carbocycles. The maximum atomic E-state index is 5.91.